The van der Waals surface area contributed by atoms with E-state index in [2.05, 4.69) is 0 Å². The van der Waals surface area contributed by atoms with Crippen molar-refractivity contribution in [3.05, 3.63) is 88.9 Å². The standard InChI is InChI=1S/C33H27ClN2O6/c1-41-22-7-4-6-20(16-22)29(37)18-42-33(40)26-17-28(35-30-23(26)10-5-11-27(30)34)19-12-14-21(15-13-19)36-31(38)24-8-2-3-9-25(24)32(36)39/h4-7,10-17,24-25H,2-3,8-9,18H2,1H3/t24-,25+. The molecule has 0 bridgehead atoms. The maximum absolute atomic E-state index is 13.3. The highest BCUT2D eigenvalue weighted by Crippen LogP contribution is 2.40. The molecule has 3 aromatic carbocycles. The molecule has 2 aliphatic rings. The lowest BCUT2D eigenvalue weighted by Gasteiger charge is -2.19. The fraction of sp³-hybridized carbons (Fsp3) is 0.242. The minimum absolute atomic E-state index is 0.137. The fourth-order valence-electron chi connectivity index (χ4n) is 5.82. The molecular formula is C33H27ClN2O6. The zero-order chi connectivity index (χ0) is 29.4. The van der Waals surface area contributed by atoms with E-state index in [0.717, 1.165) is 25.7 Å². The smallest absolute Gasteiger partial charge is 0.339 e. The molecule has 8 nitrogen and oxygen atoms in total. The molecule has 1 saturated carbocycles. The average molecular weight is 583 g/mol. The Kier molecular flexibility index (Phi) is 7.47. The van der Waals surface area contributed by atoms with E-state index in [9.17, 15) is 19.2 Å². The molecule has 42 heavy (non-hydrogen) atoms. The summed E-state index contributed by atoms with van der Waals surface area (Å²) in [5.74, 6) is -1.30. The number of nitrogens with zero attached hydrogens (tertiary/aromatic N) is 2. The minimum Gasteiger partial charge on any atom is -0.497 e. The molecule has 0 radical (unpaired) electrons. The lowest BCUT2D eigenvalue weighted by molar-refractivity contribution is -0.122. The van der Waals surface area contributed by atoms with Crippen LogP contribution >= 0.6 is 11.6 Å². The summed E-state index contributed by atoms with van der Waals surface area (Å²) in [4.78, 5) is 58.1. The van der Waals surface area contributed by atoms with Crippen LogP contribution in [0.3, 0.4) is 0 Å². The van der Waals surface area contributed by atoms with Crippen molar-refractivity contribution >= 4 is 51.8 Å². The first-order valence-electron chi connectivity index (χ1n) is 13.8. The number of ether oxygens (including phenoxy) is 2. The second-order valence-corrected chi connectivity index (χ2v) is 10.9. The number of para-hydroxylation sites is 1. The number of imide groups is 1. The van der Waals surface area contributed by atoms with Crippen molar-refractivity contribution in [2.45, 2.75) is 25.7 Å². The molecule has 212 valence electrons. The maximum atomic E-state index is 13.3. The van der Waals surface area contributed by atoms with Crippen molar-refractivity contribution in [3.63, 3.8) is 0 Å². The van der Waals surface area contributed by atoms with Crippen LogP contribution in [0.4, 0.5) is 5.69 Å². The summed E-state index contributed by atoms with van der Waals surface area (Å²) in [5, 5.41) is 0.834. The number of amides is 2. The van der Waals surface area contributed by atoms with Crippen LogP contribution in [0.5, 0.6) is 5.75 Å². The predicted octanol–water partition coefficient (Wildman–Crippen LogP) is 6.28. The van der Waals surface area contributed by atoms with Gasteiger partial charge in [-0.15, -0.1) is 0 Å². The third-order valence-corrected chi connectivity index (χ3v) is 8.30. The number of carbonyl (C=O) groups is 4. The number of hydrogen-bond donors (Lipinski definition) is 0. The van der Waals surface area contributed by atoms with Crippen LogP contribution in [0, 0.1) is 11.8 Å². The number of methoxy groups -OCH3 is 1. The first-order chi connectivity index (χ1) is 20.4. The van der Waals surface area contributed by atoms with Gasteiger partial charge in [-0.3, -0.25) is 19.3 Å². The van der Waals surface area contributed by atoms with Gasteiger partial charge < -0.3 is 9.47 Å². The maximum Gasteiger partial charge on any atom is 0.339 e. The van der Waals surface area contributed by atoms with Gasteiger partial charge in [-0.05, 0) is 49.2 Å². The lowest BCUT2D eigenvalue weighted by Crippen LogP contribution is -2.30. The SMILES string of the molecule is COc1cccc(C(=O)COC(=O)c2cc(-c3ccc(N4C(=O)[C@H]5CCCC[C@H]5C4=O)cc3)nc3c(Cl)cccc23)c1. The molecule has 2 atom stereocenters. The van der Waals surface area contributed by atoms with Crippen LogP contribution in [0.15, 0.2) is 72.8 Å². The summed E-state index contributed by atoms with van der Waals surface area (Å²) in [6.45, 7) is -0.458. The molecule has 1 aliphatic carbocycles. The number of ketones is 1. The molecule has 2 fully saturated rings. The topological polar surface area (TPSA) is 103 Å². The zero-order valence-corrected chi connectivity index (χ0v) is 23.6. The van der Waals surface area contributed by atoms with Gasteiger partial charge in [-0.25, -0.2) is 9.78 Å². The first kappa shape index (κ1) is 27.6. The number of carbonyl (C=O) groups excluding carboxylic acids is 4. The summed E-state index contributed by atoms with van der Waals surface area (Å²) in [6, 6.07) is 20.2. The molecular weight excluding hydrogens is 556 g/mol. The molecule has 6 rings (SSSR count). The van der Waals surface area contributed by atoms with E-state index in [0.29, 0.717) is 44.2 Å². The highest BCUT2D eigenvalue weighted by molar-refractivity contribution is 6.35. The van der Waals surface area contributed by atoms with E-state index >= 15 is 0 Å². The summed E-state index contributed by atoms with van der Waals surface area (Å²) in [5.41, 5.74) is 2.58. The van der Waals surface area contributed by atoms with Crippen molar-refractivity contribution in [3.8, 4) is 17.0 Å². The second-order valence-electron chi connectivity index (χ2n) is 10.5. The number of benzene rings is 3. The number of rotatable bonds is 7. The molecule has 1 saturated heterocycles. The number of esters is 1. The van der Waals surface area contributed by atoms with Gasteiger partial charge in [0.1, 0.15) is 5.75 Å². The Hall–Kier alpha value is -4.56. The van der Waals surface area contributed by atoms with E-state index in [1.807, 2.05) is 0 Å². The van der Waals surface area contributed by atoms with Gasteiger partial charge in [-0.1, -0.05) is 60.8 Å². The highest BCUT2D eigenvalue weighted by atomic mass is 35.5. The number of pyridine rings is 1. The fourth-order valence-corrected chi connectivity index (χ4v) is 6.03. The molecule has 2 amide bonds. The van der Waals surface area contributed by atoms with Crippen LogP contribution in [0.1, 0.15) is 46.4 Å². The summed E-state index contributed by atoms with van der Waals surface area (Å²) < 4.78 is 10.6. The van der Waals surface area contributed by atoms with E-state index < -0.39 is 12.6 Å². The predicted molar refractivity (Wildman–Crippen MR) is 158 cm³/mol. The Labute approximate surface area is 247 Å². The molecule has 1 aliphatic heterocycles. The number of anilines is 1. The summed E-state index contributed by atoms with van der Waals surface area (Å²) in [6.07, 6.45) is 3.41. The van der Waals surface area contributed by atoms with Crippen molar-refractivity contribution in [1.29, 1.82) is 0 Å². The van der Waals surface area contributed by atoms with E-state index in [4.69, 9.17) is 26.1 Å². The van der Waals surface area contributed by atoms with Gasteiger partial charge in [0.15, 0.2) is 12.4 Å². The van der Waals surface area contributed by atoms with E-state index in [-0.39, 0.29) is 35.0 Å². The lowest BCUT2D eigenvalue weighted by atomic mass is 9.81. The normalized spacial score (nSPS) is 18.2. The van der Waals surface area contributed by atoms with E-state index in [1.54, 1.807) is 72.8 Å². The Bertz CT molecular complexity index is 1710. The Morgan fingerprint density at radius 1 is 0.929 bits per heavy atom. The van der Waals surface area contributed by atoms with Gasteiger partial charge in [0.2, 0.25) is 11.8 Å². The average Bonchev–Trinajstić information content (AvgIpc) is 3.28. The van der Waals surface area contributed by atoms with Crippen LogP contribution in [0.2, 0.25) is 5.02 Å². The van der Waals surface area contributed by atoms with Crippen molar-refractivity contribution < 1.29 is 28.7 Å². The molecule has 0 spiro atoms. The van der Waals surface area contributed by atoms with E-state index in [1.165, 1.54) is 12.0 Å². The monoisotopic (exact) mass is 582 g/mol. The Morgan fingerprint density at radius 2 is 1.62 bits per heavy atom. The van der Waals surface area contributed by atoms with Crippen LogP contribution in [-0.2, 0) is 14.3 Å². The van der Waals surface area contributed by atoms with Gasteiger partial charge in [0.25, 0.3) is 0 Å². The number of Topliss-reactive ketones (excluding diaryl/α,β-unsaturated/α-hetero) is 1. The minimum atomic E-state index is -0.699. The quantitative estimate of drug-likeness (QED) is 0.143. The van der Waals surface area contributed by atoms with Crippen LogP contribution < -0.4 is 9.64 Å². The molecule has 1 aromatic heterocycles. The van der Waals surface area contributed by atoms with Gasteiger partial charge in [0.05, 0.1) is 46.4 Å². The first-order valence-corrected chi connectivity index (χ1v) is 14.2. The molecule has 9 heteroatoms. The van der Waals surface area contributed by atoms with Gasteiger partial charge in [0, 0.05) is 16.5 Å². The van der Waals surface area contributed by atoms with Gasteiger partial charge >= 0.3 is 5.97 Å². The molecule has 2 heterocycles. The summed E-state index contributed by atoms with van der Waals surface area (Å²) in [7, 11) is 1.51. The van der Waals surface area contributed by atoms with Crippen LogP contribution in [0.25, 0.3) is 22.2 Å². The number of fused-ring (bicyclic) bond motifs is 2. The van der Waals surface area contributed by atoms with Crippen molar-refractivity contribution in [1.82, 2.24) is 4.98 Å². The third kappa shape index (κ3) is 5.03. The Balaban J connectivity index is 1.28. The van der Waals surface area contributed by atoms with Crippen LogP contribution in [-0.4, -0.2) is 42.3 Å². The van der Waals surface area contributed by atoms with Crippen molar-refractivity contribution in [2.24, 2.45) is 11.8 Å². The highest BCUT2D eigenvalue weighted by Gasteiger charge is 2.48. The third-order valence-electron chi connectivity index (χ3n) is 8.00. The molecule has 4 aromatic rings. The number of halogens is 1. The Morgan fingerprint density at radius 3 is 2.31 bits per heavy atom. The molecule has 0 N–H and O–H groups in total. The van der Waals surface area contributed by atoms with Crippen molar-refractivity contribution in [2.75, 3.05) is 18.6 Å². The number of aromatic nitrogens is 1. The number of hydrogen-bond acceptors (Lipinski definition) is 7. The van der Waals surface area contributed by atoms with Gasteiger partial charge in [-0.2, -0.15) is 0 Å². The largest absolute Gasteiger partial charge is 0.497 e. The zero-order valence-electron chi connectivity index (χ0n) is 22.8. The molecule has 0 unspecified atom stereocenters. The summed E-state index contributed by atoms with van der Waals surface area (Å²) >= 11 is 6.47. The second kappa shape index (κ2) is 11.4.